The van der Waals surface area contributed by atoms with Crippen molar-refractivity contribution in [1.29, 1.82) is 0 Å². The van der Waals surface area contributed by atoms with Crippen molar-refractivity contribution in [1.82, 2.24) is 20.3 Å². The molecule has 1 unspecified atom stereocenters. The van der Waals surface area contributed by atoms with Gasteiger partial charge in [-0.15, -0.1) is 5.10 Å². The Morgan fingerprint density at radius 2 is 2.29 bits per heavy atom. The summed E-state index contributed by atoms with van der Waals surface area (Å²) in [6.45, 7) is 2.64. The second-order valence-corrected chi connectivity index (χ2v) is 5.56. The maximum absolute atomic E-state index is 10.8. The van der Waals surface area contributed by atoms with Gasteiger partial charge in [-0.1, -0.05) is 24.3 Å². The lowest BCUT2D eigenvalue weighted by Crippen LogP contribution is -2.12. The first-order chi connectivity index (χ1) is 10.1. The van der Waals surface area contributed by atoms with Crippen LogP contribution in [0.15, 0.2) is 41.9 Å². The summed E-state index contributed by atoms with van der Waals surface area (Å²) in [5, 5.41) is 19.6. The SMILES string of the molecule is CC1/C=C\C(C2CC2)=C/NC=C1Cn1cc(C(=O)O)nn1. The van der Waals surface area contributed by atoms with Crippen molar-refractivity contribution in [3.05, 3.63) is 47.6 Å². The minimum absolute atomic E-state index is 0.0338. The summed E-state index contributed by atoms with van der Waals surface area (Å²) >= 11 is 0. The van der Waals surface area contributed by atoms with Crippen LogP contribution in [0.2, 0.25) is 0 Å². The molecule has 21 heavy (non-hydrogen) atoms. The molecule has 1 saturated carbocycles. The van der Waals surface area contributed by atoms with Gasteiger partial charge in [0.25, 0.3) is 0 Å². The molecule has 6 nitrogen and oxygen atoms in total. The van der Waals surface area contributed by atoms with Gasteiger partial charge < -0.3 is 10.4 Å². The average Bonchev–Trinajstić information content (AvgIpc) is 3.17. The molecule has 6 heteroatoms. The van der Waals surface area contributed by atoms with E-state index in [1.165, 1.54) is 24.6 Å². The van der Waals surface area contributed by atoms with Crippen LogP contribution in [0.3, 0.4) is 0 Å². The predicted octanol–water partition coefficient (Wildman–Crippen LogP) is 1.95. The molecule has 2 heterocycles. The Morgan fingerprint density at radius 1 is 1.48 bits per heavy atom. The summed E-state index contributed by atoms with van der Waals surface area (Å²) in [4.78, 5) is 10.8. The van der Waals surface area contributed by atoms with E-state index in [-0.39, 0.29) is 11.6 Å². The smallest absolute Gasteiger partial charge is 0.358 e. The number of carboxylic acids is 1. The van der Waals surface area contributed by atoms with Gasteiger partial charge in [0.2, 0.25) is 0 Å². The van der Waals surface area contributed by atoms with Gasteiger partial charge in [-0.25, -0.2) is 9.48 Å². The number of hydrogen-bond acceptors (Lipinski definition) is 4. The predicted molar refractivity (Wildman–Crippen MR) is 77.3 cm³/mol. The maximum Gasteiger partial charge on any atom is 0.358 e. The zero-order valence-electron chi connectivity index (χ0n) is 11.9. The molecule has 2 aliphatic rings. The highest BCUT2D eigenvalue weighted by Crippen LogP contribution is 2.37. The Hall–Kier alpha value is -2.37. The fourth-order valence-electron chi connectivity index (χ4n) is 2.32. The number of carboxylic acid groups (broad SMARTS) is 1. The Bertz CT molecular complexity index is 638. The fraction of sp³-hybridized carbons (Fsp3) is 0.400. The third kappa shape index (κ3) is 3.21. The third-order valence-electron chi connectivity index (χ3n) is 3.83. The van der Waals surface area contributed by atoms with Crippen molar-refractivity contribution >= 4 is 5.97 Å². The first kappa shape index (κ1) is 13.6. The average molecular weight is 286 g/mol. The molecular weight excluding hydrogens is 268 g/mol. The van der Waals surface area contributed by atoms with Crippen LogP contribution in [-0.4, -0.2) is 26.1 Å². The van der Waals surface area contributed by atoms with Gasteiger partial charge in [-0.05, 0) is 35.8 Å². The first-order valence-electron chi connectivity index (χ1n) is 7.10. The van der Waals surface area contributed by atoms with Crippen molar-refractivity contribution in [3.63, 3.8) is 0 Å². The van der Waals surface area contributed by atoms with Crippen molar-refractivity contribution in [2.24, 2.45) is 11.8 Å². The summed E-state index contributed by atoms with van der Waals surface area (Å²) < 4.78 is 1.55. The lowest BCUT2D eigenvalue weighted by molar-refractivity contribution is 0.0690. The van der Waals surface area contributed by atoms with E-state index in [1.807, 2.05) is 12.4 Å². The number of aromatic nitrogens is 3. The summed E-state index contributed by atoms with van der Waals surface area (Å²) in [7, 11) is 0. The topological polar surface area (TPSA) is 80.0 Å². The van der Waals surface area contributed by atoms with Gasteiger partial charge >= 0.3 is 5.97 Å². The number of nitrogens with one attached hydrogen (secondary N) is 1. The molecule has 1 aromatic heterocycles. The van der Waals surface area contributed by atoms with E-state index in [0.717, 1.165) is 5.57 Å². The molecule has 0 radical (unpaired) electrons. The van der Waals surface area contributed by atoms with Gasteiger partial charge in [-0.3, -0.25) is 0 Å². The Balaban J connectivity index is 1.73. The molecule has 0 amide bonds. The molecule has 0 saturated heterocycles. The largest absolute Gasteiger partial charge is 0.476 e. The van der Waals surface area contributed by atoms with Crippen molar-refractivity contribution in [3.8, 4) is 0 Å². The number of aromatic carboxylic acids is 1. The molecule has 1 atom stereocenters. The third-order valence-corrected chi connectivity index (χ3v) is 3.83. The molecule has 1 aromatic rings. The van der Waals surface area contributed by atoms with E-state index in [1.54, 1.807) is 4.68 Å². The number of rotatable bonds is 4. The normalized spacial score (nSPS) is 25.9. The highest BCUT2D eigenvalue weighted by Gasteiger charge is 2.24. The van der Waals surface area contributed by atoms with Gasteiger partial charge in [0, 0.05) is 12.4 Å². The minimum Gasteiger partial charge on any atom is -0.476 e. The van der Waals surface area contributed by atoms with Crippen LogP contribution in [0.5, 0.6) is 0 Å². The second-order valence-electron chi connectivity index (χ2n) is 5.56. The lowest BCUT2D eigenvalue weighted by Gasteiger charge is -2.15. The first-order valence-corrected chi connectivity index (χ1v) is 7.10. The Labute approximate surface area is 122 Å². The van der Waals surface area contributed by atoms with Crippen molar-refractivity contribution in [2.45, 2.75) is 26.3 Å². The van der Waals surface area contributed by atoms with Gasteiger partial charge in [-0.2, -0.15) is 0 Å². The van der Waals surface area contributed by atoms with E-state index >= 15 is 0 Å². The monoisotopic (exact) mass is 286 g/mol. The molecule has 2 N–H and O–H groups in total. The van der Waals surface area contributed by atoms with Crippen LogP contribution in [0.4, 0.5) is 0 Å². The summed E-state index contributed by atoms with van der Waals surface area (Å²) in [6, 6.07) is 0. The molecule has 0 aromatic carbocycles. The number of allylic oxidation sites excluding steroid dienone is 4. The minimum atomic E-state index is -1.06. The fourth-order valence-corrected chi connectivity index (χ4v) is 2.32. The highest BCUT2D eigenvalue weighted by atomic mass is 16.4. The number of carbonyl (C=O) groups is 1. The zero-order chi connectivity index (χ0) is 14.8. The number of hydrogen-bond donors (Lipinski definition) is 2. The van der Waals surface area contributed by atoms with E-state index in [4.69, 9.17) is 5.11 Å². The molecular formula is C15H18N4O2. The van der Waals surface area contributed by atoms with Crippen molar-refractivity contribution < 1.29 is 9.90 Å². The second kappa shape index (κ2) is 5.55. The van der Waals surface area contributed by atoms with Crippen LogP contribution in [0.1, 0.15) is 30.3 Å². The van der Waals surface area contributed by atoms with Crippen LogP contribution >= 0.6 is 0 Å². The standard InChI is InChI=1S/C15H18N4O2/c1-10-2-3-12(11-4-5-11)6-16-7-13(10)8-19-9-14(15(20)21)17-18-19/h2-3,6-7,9-11,16H,4-5,8H2,1H3,(H,20,21)/b3-2-,12-6+,13-7?. The molecule has 0 spiro atoms. The van der Waals surface area contributed by atoms with E-state index in [9.17, 15) is 4.79 Å². The maximum atomic E-state index is 10.8. The van der Waals surface area contributed by atoms with E-state index in [2.05, 4.69) is 34.7 Å². The molecule has 1 aliphatic heterocycles. The molecule has 0 bridgehead atoms. The number of nitrogens with zero attached hydrogens (tertiary/aromatic N) is 3. The van der Waals surface area contributed by atoms with Crippen LogP contribution in [0, 0.1) is 11.8 Å². The van der Waals surface area contributed by atoms with E-state index in [0.29, 0.717) is 12.5 Å². The van der Waals surface area contributed by atoms with Gasteiger partial charge in [0.05, 0.1) is 12.7 Å². The van der Waals surface area contributed by atoms with Crippen LogP contribution in [-0.2, 0) is 6.54 Å². The van der Waals surface area contributed by atoms with Gasteiger partial charge in [0.15, 0.2) is 5.69 Å². The van der Waals surface area contributed by atoms with Gasteiger partial charge in [0.1, 0.15) is 0 Å². The molecule has 110 valence electrons. The Morgan fingerprint density at radius 3 is 2.95 bits per heavy atom. The lowest BCUT2D eigenvalue weighted by atomic mass is 9.98. The molecule has 1 fully saturated rings. The summed E-state index contributed by atoms with van der Waals surface area (Å²) in [6.07, 6.45) is 12.4. The molecule has 1 aliphatic carbocycles. The molecule has 3 rings (SSSR count). The highest BCUT2D eigenvalue weighted by molar-refractivity contribution is 5.84. The summed E-state index contributed by atoms with van der Waals surface area (Å²) in [5.41, 5.74) is 2.44. The van der Waals surface area contributed by atoms with Crippen LogP contribution < -0.4 is 5.32 Å². The summed E-state index contributed by atoms with van der Waals surface area (Å²) in [5.74, 6) is -0.0854. The van der Waals surface area contributed by atoms with E-state index < -0.39 is 5.97 Å². The quantitative estimate of drug-likeness (QED) is 0.884. The zero-order valence-corrected chi connectivity index (χ0v) is 11.9. The van der Waals surface area contributed by atoms with Crippen molar-refractivity contribution in [2.75, 3.05) is 0 Å². The Kier molecular flexibility index (Phi) is 3.60. The van der Waals surface area contributed by atoms with Crippen LogP contribution in [0.25, 0.3) is 0 Å².